The molecule has 4 amide bonds. The molecule has 1 N–H and O–H groups in total. The number of hydrogen-bond donors (Lipinski definition) is 1. The minimum Gasteiger partial charge on any atom is -0.294 e. The third-order valence-electron chi connectivity index (χ3n) is 4.20. The van der Waals surface area contributed by atoms with Crippen molar-refractivity contribution in [1.29, 1.82) is 0 Å². The summed E-state index contributed by atoms with van der Waals surface area (Å²) in [5.74, 6) is -1.94. The minimum absolute atomic E-state index is 0.106. The quantitative estimate of drug-likeness (QED) is 0.773. The molecule has 0 bridgehead atoms. The van der Waals surface area contributed by atoms with Gasteiger partial charge in [0, 0.05) is 6.42 Å². The third-order valence-corrected chi connectivity index (χ3v) is 4.20. The molecule has 1 atom stereocenters. The Morgan fingerprint density at radius 1 is 1.14 bits per heavy atom. The van der Waals surface area contributed by atoms with Crippen molar-refractivity contribution in [3.05, 3.63) is 34.9 Å². The van der Waals surface area contributed by atoms with E-state index in [-0.39, 0.29) is 18.7 Å². The summed E-state index contributed by atoms with van der Waals surface area (Å²) in [6.07, 6.45) is 0.247. The molecular formula is C15H14N2O4. The highest BCUT2D eigenvalue weighted by Gasteiger charge is 2.52. The number of fused-ring (bicyclic) bond motifs is 1. The first-order valence-electron chi connectivity index (χ1n) is 6.69. The maximum atomic E-state index is 12.6. The van der Waals surface area contributed by atoms with E-state index < -0.39 is 23.3 Å². The lowest BCUT2D eigenvalue weighted by Gasteiger charge is -2.38. The predicted octanol–water partition coefficient (Wildman–Crippen LogP) is 0.786. The normalized spacial score (nSPS) is 25.1. The fraction of sp³-hybridized carbons (Fsp3) is 0.333. The number of benzene rings is 1. The molecule has 0 unspecified atom stereocenters. The smallest absolute Gasteiger partial charge is 0.262 e. The van der Waals surface area contributed by atoms with Crippen molar-refractivity contribution in [2.75, 3.05) is 0 Å². The molecule has 2 aliphatic rings. The monoisotopic (exact) mass is 286 g/mol. The van der Waals surface area contributed by atoms with Crippen LogP contribution in [0.4, 0.5) is 0 Å². The number of hydrogen-bond acceptors (Lipinski definition) is 4. The molecule has 0 radical (unpaired) electrons. The van der Waals surface area contributed by atoms with E-state index >= 15 is 0 Å². The van der Waals surface area contributed by atoms with E-state index in [0.717, 1.165) is 4.90 Å². The van der Waals surface area contributed by atoms with Gasteiger partial charge in [-0.1, -0.05) is 12.1 Å². The molecule has 6 heteroatoms. The van der Waals surface area contributed by atoms with Crippen molar-refractivity contribution in [2.24, 2.45) is 0 Å². The molecule has 2 heterocycles. The zero-order valence-electron chi connectivity index (χ0n) is 11.7. The highest BCUT2D eigenvalue weighted by atomic mass is 16.2. The average molecular weight is 286 g/mol. The molecule has 1 fully saturated rings. The van der Waals surface area contributed by atoms with Gasteiger partial charge in [0.05, 0.1) is 11.1 Å². The van der Waals surface area contributed by atoms with Gasteiger partial charge in [0.25, 0.3) is 17.7 Å². The fourth-order valence-electron chi connectivity index (χ4n) is 2.91. The SMILES string of the molecule is Cc1cccc2c1C(=O)N([C@]1(C)CCC(=O)NC1=O)C2=O. The minimum atomic E-state index is -1.33. The molecule has 3 rings (SSSR count). The van der Waals surface area contributed by atoms with Crippen LogP contribution in [0.2, 0.25) is 0 Å². The topological polar surface area (TPSA) is 83.6 Å². The van der Waals surface area contributed by atoms with E-state index in [9.17, 15) is 19.2 Å². The summed E-state index contributed by atoms with van der Waals surface area (Å²) in [6.45, 7) is 3.27. The van der Waals surface area contributed by atoms with Gasteiger partial charge >= 0.3 is 0 Å². The van der Waals surface area contributed by atoms with Gasteiger partial charge in [-0.2, -0.15) is 0 Å². The van der Waals surface area contributed by atoms with E-state index in [1.54, 1.807) is 25.1 Å². The zero-order chi connectivity index (χ0) is 15.4. The number of amides is 4. The highest BCUT2D eigenvalue weighted by Crippen LogP contribution is 2.35. The van der Waals surface area contributed by atoms with Gasteiger partial charge in [-0.15, -0.1) is 0 Å². The molecule has 0 aliphatic carbocycles. The summed E-state index contributed by atoms with van der Waals surface area (Å²) in [5.41, 5.74) is 0.0247. The van der Waals surface area contributed by atoms with Crippen molar-refractivity contribution in [3.63, 3.8) is 0 Å². The number of rotatable bonds is 1. The van der Waals surface area contributed by atoms with Gasteiger partial charge in [0.15, 0.2) is 0 Å². The number of aryl methyl sites for hydroxylation is 1. The first kappa shape index (κ1) is 13.5. The van der Waals surface area contributed by atoms with Gasteiger partial charge in [-0.25, -0.2) is 0 Å². The Morgan fingerprint density at radius 2 is 1.86 bits per heavy atom. The first-order chi connectivity index (χ1) is 9.86. The van der Waals surface area contributed by atoms with Gasteiger partial charge in [0.1, 0.15) is 5.54 Å². The molecule has 1 aromatic rings. The van der Waals surface area contributed by atoms with Crippen LogP contribution in [-0.2, 0) is 9.59 Å². The summed E-state index contributed by atoms with van der Waals surface area (Å²) < 4.78 is 0. The van der Waals surface area contributed by atoms with E-state index in [2.05, 4.69) is 5.32 Å². The number of carbonyl (C=O) groups excluding carboxylic acids is 4. The molecule has 108 valence electrons. The Balaban J connectivity index is 2.08. The zero-order valence-corrected chi connectivity index (χ0v) is 11.7. The van der Waals surface area contributed by atoms with Gasteiger partial charge in [0.2, 0.25) is 5.91 Å². The van der Waals surface area contributed by atoms with Crippen LogP contribution in [0.3, 0.4) is 0 Å². The molecule has 0 aromatic heterocycles. The van der Waals surface area contributed by atoms with Crippen LogP contribution in [0, 0.1) is 6.92 Å². The molecule has 2 aliphatic heterocycles. The second-order valence-electron chi connectivity index (χ2n) is 5.59. The molecular weight excluding hydrogens is 272 g/mol. The Labute approximate surface area is 121 Å². The van der Waals surface area contributed by atoms with Crippen LogP contribution in [-0.4, -0.2) is 34.1 Å². The first-order valence-corrected chi connectivity index (χ1v) is 6.69. The van der Waals surface area contributed by atoms with Crippen LogP contribution in [0.5, 0.6) is 0 Å². The van der Waals surface area contributed by atoms with Gasteiger partial charge in [-0.05, 0) is 31.9 Å². The van der Waals surface area contributed by atoms with Crippen LogP contribution in [0.15, 0.2) is 18.2 Å². The number of carbonyl (C=O) groups is 4. The van der Waals surface area contributed by atoms with E-state index in [4.69, 9.17) is 0 Å². The van der Waals surface area contributed by atoms with Crippen LogP contribution in [0.1, 0.15) is 46.0 Å². The standard InChI is InChI=1S/C15H14N2O4/c1-8-4-3-5-9-11(8)13(20)17(12(9)19)15(2)7-6-10(18)16-14(15)21/h3-5H,6-7H2,1-2H3,(H,16,18,21)/t15-/m1/s1. The summed E-state index contributed by atoms with van der Waals surface area (Å²) in [5, 5.41) is 2.21. The Morgan fingerprint density at radius 3 is 2.48 bits per heavy atom. The summed E-state index contributed by atoms with van der Waals surface area (Å²) in [7, 11) is 0. The second kappa shape index (κ2) is 4.25. The van der Waals surface area contributed by atoms with E-state index in [0.29, 0.717) is 16.7 Å². The van der Waals surface area contributed by atoms with Crippen LogP contribution >= 0.6 is 0 Å². The van der Waals surface area contributed by atoms with Gasteiger partial charge in [-0.3, -0.25) is 29.4 Å². The third kappa shape index (κ3) is 1.72. The molecule has 0 saturated carbocycles. The molecule has 6 nitrogen and oxygen atoms in total. The summed E-state index contributed by atoms with van der Waals surface area (Å²) >= 11 is 0. The second-order valence-corrected chi connectivity index (χ2v) is 5.59. The number of imide groups is 2. The largest absolute Gasteiger partial charge is 0.294 e. The lowest BCUT2D eigenvalue weighted by Crippen LogP contribution is -2.62. The van der Waals surface area contributed by atoms with Crippen molar-refractivity contribution < 1.29 is 19.2 Å². The van der Waals surface area contributed by atoms with Crippen molar-refractivity contribution >= 4 is 23.6 Å². The molecule has 0 spiro atoms. The molecule has 1 aromatic carbocycles. The highest BCUT2D eigenvalue weighted by molar-refractivity contribution is 6.24. The Bertz CT molecular complexity index is 710. The lowest BCUT2D eigenvalue weighted by molar-refractivity contribution is -0.140. The summed E-state index contributed by atoms with van der Waals surface area (Å²) in [4.78, 5) is 49.6. The Hall–Kier alpha value is -2.50. The number of nitrogens with one attached hydrogen (secondary N) is 1. The molecule has 1 saturated heterocycles. The molecule has 21 heavy (non-hydrogen) atoms. The predicted molar refractivity (Wildman–Crippen MR) is 72.5 cm³/mol. The van der Waals surface area contributed by atoms with Crippen molar-refractivity contribution in [3.8, 4) is 0 Å². The number of piperidine rings is 1. The maximum Gasteiger partial charge on any atom is 0.262 e. The van der Waals surface area contributed by atoms with Crippen LogP contribution in [0.25, 0.3) is 0 Å². The maximum absolute atomic E-state index is 12.6. The van der Waals surface area contributed by atoms with Crippen molar-refractivity contribution in [2.45, 2.75) is 32.2 Å². The average Bonchev–Trinajstić information content (AvgIpc) is 2.68. The fourth-order valence-corrected chi connectivity index (χ4v) is 2.91. The van der Waals surface area contributed by atoms with E-state index in [1.165, 1.54) is 6.92 Å². The van der Waals surface area contributed by atoms with Gasteiger partial charge < -0.3 is 0 Å². The van der Waals surface area contributed by atoms with Crippen molar-refractivity contribution in [1.82, 2.24) is 10.2 Å². The summed E-state index contributed by atoms with van der Waals surface area (Å²) in [6, 6.07) is 5.04. The number of nitrogens with zero attached hydrogens (tertiary/aromatic N) is 1. The lowest BCUT2D eigenvalue weighted by atomic mass is 9.89. The Kier molecular flexibility index (Phi) is 2.73. The van der Waals surface area contributed by atoms with E-state index in [1.807, 2.05) is 0 Å². The van der Waals surface area contributed by atoms with Crippen LogP contribution < -0.4 is 5.32 Å².